The van der Waals surface area contributed by atoms with Crippen LogP contribution in [0.4, 0.5) is 8.78 Å². The van der Waals surface area contributed by atoms with Gasteiger partial charge in [0.25, 0.3) is 12.3 Å². The maximum atomic E-state index is 13.6. The number of aromatic nitrogens is 4. The molecule has 35 heavy (non-hydrogen) atoms. The number of carbonyl (C=O) groups excluding carboxylic acids is 2. The SMILES string of the molecule is Cc1ccccc1C1(c2noc(-c3cc(C(F)F)n(CC(=O)NCC(=O)OC(C)(C)C)n3)n2)CC1. The summed E-state index contributed by atoms with van der Waals surface area (Å²) in [5.74, 6) is -0.836. The van der Waals surface area contributed by atoms with Crippen LogP contribution in [0.1, 0.15) is 62.7 Å². The van der Waals surface area contributed by atoms with Gasteiger partial charge in [0.1, 0.15) is 24.4 Å². The van der Waals surface area contributed by atoms with Crippen LogP contribution in [0.5, 0.6) is 0 Å². The summed E-state index contributed by atoms with van der Waals surface area (Å²) in [5.41, 5.74) is 0.712. The maximum Gasteiger partial charge on any atom is 0.325 e. The minimum Gasteiger partial charge on any atom is -0.459 e. The largest absolute Gasteiger partial charge is 0.459 e. The van der Waals surface area contributed by atoms with E-state index in [-0.39, 0.29) is 23.5 Å². The lowest BCUT2D eigenvalue weighted by Crippen LogP contribution is -2.36. The van der Waals surface area contributed by atoms with E-state index in [2.05, 4.69) is 20.6 Å². The summed E-state index contributed by atoms with van der Waals surface area (Å²) in [6.45, 7) is 6.20. The number of alkyl halides is 2. The van der Waals surface area contributed by atoms with Crippen molar-refractivity contribution in [1.82, 2.24) is 25.2 Å². The zero-order valence-corrected chi connectivity index (χ0v) is 20.0. The molecule has 0 radical (unpaired) electrons. The molecule has 3 aromatic rings. The second kappa shape index (κ2) is 9.20. The Morgan fingerprint density at radius 3 is 2.60 bits per heavy atom. The van der Waals surface area contributed by atoms with E-state index in [9.17, 15) is 18.4 Å². The van der Waals surface area contributed by atoms with Crippen molar-refractivity contribution < 1.29 is 27.6 Å². The fraction of sp³-hybridized carbons (Fsp3) is 0.458. The fourth-order valence-electron chi connectivity index (χ4n) is 3.95. The molecule has 1 saturated carbocycles. The molecular weight excluding hydrogens is 460 g/mol. The number of rotatable bonds is 8. The predicted octanol–water partition coefficient (Wildman–Crippen LogP) is 3.72. The molecule has 1 aromatic carbocycles. The summed E-state index contributed by atoms with van der Waals surface area (Å²) in [6, 6.07) is 9.07. The van der Waals surface area contributed by atoms with Crippen LogP contribution in [0.15, 0.2) is 34.9 Å². The molecule has 0 bridgehead atoms. The van der Waals surface area contributed by atoms with Crippen LogP contribution in [0.3, 0.4) is 0 Å². The Morgan fingerprint density at radius 1 is 1.26 bits per heavy atom. The smallest absolute Gasteiger partial charge is 0.325 e. The summed E-state index contributed by atoms with van der Waals surface area (Å²) >= 11 is 0. The van der Waals surface area contributed by atoms with Gasteiger partial charge in [0.15, 0.2) is 11.5 Å². The minimum atomic E-state index is -2.89. The normalized spacial score (nSPS) is 14.7. The molecule has 2 aromatic heterocycles. The van der Waals surface area contributed by atoms with Gasteiger partial charge in [-0.3, -0.25) is 14.3 Å². The van der Waals surface area contributed by atoms with Gasteiger partial charge in [-0.2, -0.15) is 10.1 Å². The molecule has 1 aliphatic carbocycles. The lowest BCUT2D eigenvalue weighted by molar-refractivity contribution is -0.154. The van der Waals surface area contributed by atoms with E-state index < -0.39 is 36.1 Å². The highest BCUT2D eigenvalue weighted by Gasteiger charge is 2.50. The number of benzene rings is 1. The van der Waals surface area contributed by atoms with E-state index in [4.69, 9.17) is 9.26 Å². The van der Waals surface area contributed by atoms with Crippen LogP contribution < -0.4 is 5.32 Å². The van der Waals surface area contributed by atoms with Gasteiger partial charge in [-0.15, -0.1) is 0 Å². The Labute approximate surface area is 200 Å². The van der Waals surface area contributed by atoms with Gasteiger partial charge < -0.3 is 14.6 Å². The van der Waals surface area contributed by atoms with E-state index in [1.807, 2.05) is 31.2 Å². The summed E-state index contributed by atoms with van der Waals surface area (Å²) in [4.78, 5) is 28.5. The zero-order chi connectivity index (χ0) is 25.4. The van der Waals surface area contributed by atoms with Crippen LogP contribution in [0, 0.1) is 6.92 Å². The molecule has 9 nitrogen and oxygen atoms in total. The van der Waals surface area contributed by atoms with E-state index in [1.165, 1.54) is 0 Å². The van der Waals surface area contributed by atoms with Crippen molar-refractivity contribution in [1.29, 1.82) is 0 Å². The van der Waals surface area contributed by atoms with Gasteiger partial charge >= 0.3 is 5.97 Å². The molecule has 2 heterocycles. The second-order valence-electron chi connectivity index (χ2n) is 9.60. The average Bonchev–Trinajstić information content (AvgIpc) is 3.22. The van der Waals surface area contributed by atoms with Gasteiger partial charge in [-0.1, -0.05) is 29.4 Å². The Balaban J connectivity index is 1.50. The Morgan fingerprint density at radius 2 is 1.97 bits per heavy atom. The molecule has 4 rings (SSSR count). The van der Waals surface area contributed by atoms with Gasteiger partial charge in [0, 0.05) is 0 Å². The van der Waals surface area contributed by atoms with Crippen molar-refractivity contribution in [2.45, 2.75) is 64.5 Å². The highest BCUT2D eigenvalue weighted by Crippen LogP contribution is 2.53. The van der Waals surface area contributed by atoms with Gasteiger partial charge in [-0.05, 0) is 57.7 Å². The van der Waals surface area contributed by atoms with Crippen molar-refractivity contribution in [3.05, 3.63) is 53.0 Å². The topological polar surface area (TPSA) is 112 Å². The molecule has 11 heteroatoms. The van der Waals surface area contributed by atoms with Gasteiger partial charge in [-0.25, -0.2) is 8.78 Å². The Bertz CT molecular complexity index is 1240. The first-order chi connectivity index (χ1) is 16.5. The molecule has 0 unspecified atom stereocenters. The minimum absolute atomic E-state index is 0.00493. The van der Waals surface area contributed by atoms with Crippen molar-refractivity contribution >= 4 is 11.9 Å². The molecular formula is C24H27F2N5O4. The third-order valence-electron chi connectivity index (χ3n) is 5.66. The number of aryl methyl sites for hydroxylation is 1. The van der Waals surface area contributed by atoms with Crippen LogP contribution in [0.2, 0.25) is 0 Å². The highest BCUT2D eigenvalue weighted by atomic mass is 19.3. The third-order valence-corrected chi connectivity index (χ3v) is 5.66. The molecule has 186 valence electrons. The standard InChI is InChI=1S/C24H27F2N5O4/c1-14-7-5-6-8-15(14)24(9-10-24)22-28-21(35-30-22)16-11-17(20(25)26)31(29-16)13-18(32)27-12-19(33)34-23(2,3)4/h5-8,11,20H,9-10,12-13H2,1-4H3,(H,27,32). The van der Waals surface area contributed by atoms with Crippen molar-refractivity contribution in [2.24, 2.45) is 0 Å². The maximum absolute atomic E-state index is 13.6. The molecule has 0 aliphatic heterocycles. The summed E-state index contributed by atoms with van der Waals surface area (Å²) in [5, 5.41) is 10.6. The Hall–Kier alpha value is -3.63. The van der Waals surface area contributed by atoms with Crippen LogP contribution in [-0.4, -0.2) is 43.9 Å². The van der Waals surface area contributed by atoms with Gasteiger partial charge in [0.2, 0.25) is 5.91 Å². The van der Waals surface area contributed by atoms with Crippen molar-refractivity contribution in [3.8, 4) is 11.6 Å². The Kier molecular flexibility index (Phi) is 6.44. The average molecular weight is 488 g/mol. The zero-order valence-electron chi connectivity index (χ0n) is 20.0. The number of amides is 1. The number of hydrogen-bond donors (Lipinski definition) is 1. The fourth-order valence-corrected chi connectivity index (χ4v) is 3.95. The highest BCUT2D eigenvalue weighted by molar-refractivity contribution is 5.82. The van der Waals surface area contributed by atoms with Crippen molar-refractivity contribution in [3.63, 3.8) is 0 Å². The number of halogens is 2. The predicted molar refractivity (Wildman–Crippen MR) is 121 cm³/mol. The van der Waals surface area contributed by atoms with Crippen LogP contribution >= 0.6 is 0 Å². The molecule has 0 spiro atoms. The number of esters is 1. The quantitative estimate of drug-likeness (QED) is 0.482. The first-order valence-electron chi connectivity index (χ1n) is 11.2. The molecule has 1 N–H and O–H groups in total. The van der Waals surface area contributed by atoms with Crippen LogP contribution in [0.25, 0.3) is 11.6 Å². The lowest BCUT2D eigenvalue weighted by Gasteiger charge is -2.19. The first-order valence-corrected chi connectivity index (χ1v) is 11.2. The summed E-state index contributed by atoms with van der Waals surface area (Å²) < 4.78 is 38.6. The van der Waals surface area contributed by atoms with Gasteiger partial charge in [0.05, 0.1) is 5.41 Å². The number of ether oxygens (including phenoxy) is 1. The summed E-state index contributed by atoms with van der Waals surface area (Å²) in [6.07, 6.45) is -1.18. The van der Waals surface area contributed by atoms with E-state index in [1.54, 1.807) is 20.8 Å². The van der Waals surface area contributed by atoms with E-state index in [0.717, 1.165) is 34.7 Å². The molecule has 0 atom stereocenters. The number of carbonyl (C=O) groups is 2. The monoisotopic (exact) mass is 487 g/mol. The molecule has 1 amide bonds. The number of hydrogen-bond acceptors (Lipinski definition) is 7. The molecule has 1 fully saturated rings. The first kappa shape index (κ1) is 24.5. The summed E-state index contributed by atoms with van der Waals surface area (Å²) in [7, 11) is 0. The second-order valence-corrected chi connectivity index (χ2v) is 9.60. The lowest BCUT2D eigenvalue weighted by atomic mass is 9.91. The number of nitrogens with one attached hydrogen (secondary N) is 1. The molecule has 1 aliphatic rings. The van der Waals surface area contributed by atoms with Crippen molar-refractivity contribution in [2.75, 3.05) is 6.54 Å². The van der Waals surface area contributed by atoms with Crippen LogP contribution in [-0.2, 0) is 26.3 Å². The number of nitrogens with zero attached hydrogens (tertiary/aromatic N) is 4. The van der Waals surface area contributed by atoms with E-state index in [0.29, 0.717) is 5.82 Å². The molecule has 0 saturated heterocycles. The third kappa shape index (κ3) is 5.39. The van der Waals surface area contributed by atoms with E-state index >= 15 is 0 Å².